The van der Waals surface area contributed by atoms with Gasteiger partial charge in [-0.2, -0.15) is 35.0 Å². The fourth-order valence-electron chi connectivity index (χ4n) is 2.16. The van der Waals surface area contributed by atoms with Crippen molar-refractivity contribution in [3.05, 3.63) is 96.3 Å². The van der Waals surface area contributed by atoms with Crippen molar-refractivity contribution in [2.24, 2.45) is 0 Å². The smallest absolute Gasteiger partial charge is 0.393 e. The van der Waals surface area contributed by atoms with Crippen molar-refractivity contribution >= 4 is 0 Å². The van der Waals surface area contributed by atoms with E-state index in [9.17, 15) is 5.11 Å². The summed E-state index contributed by atoms with van der Waals surface area (Å²) in [5.41, 5.74) is 1.60. The van der Waals surface area contributed by atoms with E-state index in [1.54, 1.807) is 0 Å². The van der Waals surface area contributed by atoms with E-state index in [1.807, 2.05) is 84.9 Å². The first-order chi connectivity index (χ1) is 11.4. The van der Waals surface area contributed by atoms with Gasteiger partial charge in [0.25, 0.3) is 0 Å². The standard InChI is InChI=1S/C13H11N4O.C5H5.Fe/c18-12(10-6-4-5-7-10)13-14-15-16-17(13)11-8-2-1-3-9-11;1-2-4-5-3-1;/h1-9,12,18H;1-5H;/q2*-1;+2. The van der Waals surface area contributed by atoms with Crippen LogP contribution in [0.3, 0.4) is 0 Å². The zero-order valence-corrected chi connectivity index (χ0v) is 13.9. The molecule has 0 aliphatic heterocycles. The Labute approximate surface area is 150 Å². The largest absolute Gasteiger partial charge is 2.00 e. The molecule has 1 atom stereocenters. The Balaban J connectivity index is 0.000000300. The zero-order chi connectivity index (χ0) is 15.9. The predicted octanol–water partition coefficient (Wildman–Crippen LogP) is 2.87. The van der Waals surface area contributed by atoms with Crippen molar-refractivity contribution in [1.29, 1.82) is 0 Å². The first kappa shape index (κ1) is 17.8. The van der Waals surface area contributed by atoms with Gasteiger partial charge in [0.1, 0.15) is 0 Å². The number of benzene rings is 1. The Hall–Kier alpha value is -2.53. The first-order valence-electron chi connectivity index (χ1n) is 7.26. The van der Waals surface area contributed by atoms with Crippen LogP contribution in [0.1, 0.15) is 17.5 Å². The number of aliphatic hydroxyl groups is 1. The van der Waals surface area contributed by atoms with Crippen LogP contribution in [-0.2, 0) is 17.1 Å². The molecule has 5 nitrogen and oxygen atoms in total. The third kappa shape index (κ3) is 4.26. The van der Waals surface area contributed by atoms with Crippen LogP contribution in [0, 0.1) is 0 Å². The fraction of sp³-hybridized carbons (Fsp3) is 0.0556. The van der Waals surface area contributed by atoms with E-state index in [-0.39, 0.29) is 17.1 Å². The summed E-state index contributed by atoms with van der Waals surface area (Å²) in [6, 6.07) is 26.9. The molecule has 1 unspecified atom stereocenters. The third-order valence-electron chi connectivity index (χ3n) is 3.30. The second kappa shape index (κ2) is 8.93. The van der Waals surface area contributed by atoms with Crippen LogP contribution in [0.5, 0.6) is 0 Å². The van der Waals surface area contributed by atoms with E-state index in [1.165, 1.54) is 4.68 Å². The van der Waals surface area contributed by atoms with Crippen molar-refractivity contribution in [3.63, 3.8) is 0 Å². The molecule has 122 valence electrons. The van der Waals surface area contributed by atoms with Gasteiger partial charge in [-0.05, 0) is 22.6 Å². The number of nitrogens with zero attached hydrogens (tertiary/aromatic N) is 4. The Kier molecular flexibility index (Phi) is 6.63. The minimum Gasteiger partial charge on any atom is -0.393 e. The summed E-state index contributed by atoms with van der Waals surface area (Å²) in [6.07, 6.45) is -0.824. The average molecular weight is 360 g/mol. The monoisotopic (exact) mass is 360 g/mol. The summed E-state index contributed by atoms with van der Waals surface area (Å²) in [6.45, 7) is 0. The molecular weight excluding hydrogens is 344 g/mol. The van der Waals surface area contributed by atoms with E-state index in [4.69, 9.17) is 0 Å². The molecule has 0 aliphatic carbocycles. The van der Waals surface area contributed by atoms with Gasteiger partial charge in [0, 0.05) is 0 Å². The number of rotatable bonds is 3. The number of hydrogen-bond donors (Lipinski definition) is 1. The minimum atomic E-state index is -0.824. The number of tetrazole rings is 1. The topological polar surface area (TPSA) is 63.8 Å². The van der Waals surface area contributed by atoms with Crippen LogP contribution in [0.25, 0.3) is 5.69 Å². The molecule has 0 amide bonds. The molecule has 3 aromatic carbocycles. The molecule has 0 spiro atoms. The molecule has 0 radical (unpaired) electrons. The maximum Gasteiger partial charge on any atom is 2.00 e. The van der Waals surface area contributed by atoms with E-state index in [0.717, 1.165) is 11.3 Å². The molecule has 0 aliphatic rings. The van der Waals surface area contributed by atoms with Crippen molar-refractivity contribution in [1.82, 2.24) is 20.2 Å². The normalized spacial score (nSPS) is 11.0. The average Bonchev–Trinajstić information content (AvgIpc) is 3.39. The summed E-state index contributed by atoms with van der Waals surface area (Å²) < 4.78 is 1.54. The number of hydrogen-bond acceptors (Lipinski definition) is 4. The summed E-state index contributed by atoms with van der Waals surface area (Å²) in [5, 5.41) is 21.7. The van der Waals surface area contributed by atoms with Gasteiger partial charge in [0.15, 0.2) is 5.82 Å². The molecule has 1 heterocycles. The summed E-state index contributed by atoms with van der Waals surface area (Å²) in [7, 11) is 0. The summed E-state index contributed by atoms with van der Waals surface area (Å²) in [5.74, 6) is 0.410. The van der Waals surface area contributed by atoms with Crippen LogP contribution >= 0.6 is 0 Å². The molecule has 4 aromatic rings. The Morgan fingerprint density at radius 3 is 2.21 bits per heavy atom. The van der Waals surface area contributed by atoms with Gasteiger partial charge in [-0.15, -0.1) is 10.7 Å². The first-order valence-corrected chi connectivity index (χ1v) is 7.26. The van der Waals surface area contributed by atoms with Crippen LogP contribution in [0.2, 0.25) is 0 Å². The van der Waals surface area contributed by atoms with Crippen LogP contribution in [0.15, 0.2) is 84.9 Å². The molecule has 0 saturated heterocycles. The van der Waals surface area contributed by atoms with Gasteiger partial charge in [0.05, 0.1) is 11.8 Å². The maximum atomic E-state index is 10.2. The van der Waals surface area contributed by atoms with Crippen LogP contribution < -0.4 is 0 Å². The van der Waals surface area contributed by atoms with Crippen molar-refractivity contribution in [2.45, 2.75) is 6.10 Å². The second-order valence-corrected chi connectivity index (χ2v) is 4.87. The van der Waals surface area contributed by atoms with Gasteiger partial charge in [-0.1, -0.05) is 18.2 Å². The van der Waals surface area contributed by atoms with Crippen molar-refractivity contribution in [3.8, 4) is 5.69 Å². The van der Waals surface area contributed by atoms with Gasteiger partial charge in [-0.25, -0.2) is 24.3 Å². The van der Waals surface area contributed by atoms with E-state index in [2.05, 4.69) is 15.5 Å². The third-order valence-corrected chi connectivity index (χ3v) is 3.30. The van der Waals surface area contributed by atoms with E-state index >= 15 is 0 Å². The fourth-order valence-corrected chi connectivity index (χ4v) is 2.16. The summed E-state index contributed by atoms with van der Waals surface area (Å²) in [4.78, 5) is 0. The molecule has 0 bridgehead atoms. The molecule has 0 saturated carbocycles. The van der Waals surface area contributed by atoms with Gasteiger partial charge < -0.3 is 5.11 Å². The number of aromatic nitrogens is 4. The second-order valence-electron chi connectivity index (χ2n) is 4.87. The number of aliphatic hydroxyl groups excluding tert-OH is 1. The van der Waals surface area contributed by atoms with Gasteiger partial charge in [-0.3, -0.25) is 0 Å². The maximum absolute atomic E-state index is 10.2. The van der Waals surface area contributed by atoms with Gasteiger partial charge in [0.2, 0.25) is 0 Å². The molecular formula is C18H16FeN4O. The van der Waals surface area contributed by atoms with Crippen LogP contribution in [-0.4, -0.2) is 25.3 Å². The van der Waals surface area contributed by atoms with Crippen LogP contribution in [0.4, 0.5) is 0 Å². The van der Waals surface area contributed by atoms with Gasteiger partial charge >= 0.3 is 17.1 Å². The minimum absolute atomic E-state index is 0. The Morgan fingerprint density at radius 1 is 0.958 bits per heavy atom. The summed E-state index contributed by atoms with van der Waals surface area (Å²) >= 11 is 0. The SMILES string of the molecule is OC(c1nnnn1-c1ccccc1)[c-]1cccc1.[Fe+2].c1cc[cH-]c1. The quantitative estimate of drug-likeness (QED) is 0.451. The van der Waals surface area contributed by atoms with Crippen molar-refractivity contribution < 1.29 is 22.2 Å². The molecule has 6 heteroatoms. The molecule has 24 heavy (non-hydrogen) atoms. The molecule has 0 fully saturated rings. The Bertz CT molecular complexity index is 778. The predicted molar refractivity (Wildman–Crippen MR) is 87.3 cm³/mol. The van der Waals surface area contributed by atoms with E-state index in [0.29, 0.717) is 5.82 Å². The molecule has 1 N–H and O–H groups in total. The van der Waals surface area contributed by atoms with Crippen molar-refractivity contribution in [2.75, 3.05) is 0 Å². The zero-order valence-electron chi connectivity index (χ0n) is 12.7. The number of para-hydroxylation sites is 1. The Morgan fingerprint density at radius 2 is 1.62 bits per heavy atom. The molecule has 4 rings (SSSR count). The van der Waals surface area contributed by atoms with E-state index < -0.39 is 6.10 Å². The molecule has 1 aromatic heterocycles.